The highest BCUT2D eigenvalue weighted by molar-refractivity contribution is 5.95. The number of carbonyl (C=O) groups is 2. The quantitative estimate of drug-likeness (QED) is 0.860. The molecule has 28 heavy (non-hydrogen) atoms. The summed E-state index contributed by atoms with van der Waals surface area (Å²) < 4.78 is 0. The lowest BCUT2D eigenvalue weighted by Gasteiger charge is -2.33. The first kappa shape index (κ1) is 19.8. The van der Waals surface area contributed by atoms with Crippen molar-refractivity contribution in [2.45, 2.75) is 26.7 Å². The smallest absolute Gasteiger partial charge is 0.243 e. The van der Waals surface area contributed by atoms with Crippen LogP contribution in [-0.4, -0.2) is 53.4 Å². The van der Waals surface area contributed by atoms with E-state index in [2.05, 4.69) is 15.3 Å². The number of carbonyl (C=O) groups excluding carboxylic acids is 2. The van der Waals surface area contributed by atoms with Crippen LogP contribution in [0.4, 0.5) is 11.6 Å². The Hall–Kier alpha value is -2.96. The van der Waals surface area contributed by atoms with Crippen molar-refractivity contribution in [3.05, 3.63) is 47.8 Å². The Balaban J connectivity index is 1.57. The Morgan fingerprint density at radius 2 is 1.96 bits per heavy atom. The van der Waals surface area contributed by atoms with E-state index >= 15 is 0 Å². The van der Waals surface area contributed by atoms with Gasteiger partial charge in [0.1, 0.15) is 0 Å². The Morgan fingerprint density at radius 1 is 1.21 bits per heavy atom. The maximum absolute atomic E-state index is 12.9. The summed E-state index contributed by atoms with van der Waals surface area (Å²) in [5.74, 6) is 0.284. The first-order chi connectivity index (χ1) is 13.5. The van der Waals surface area contributed by atoms with Crippen LogP contribution in [0.3, 0.4) is 0 Å². The standard InChI is InChI=1S/C21H27N5O2/c1-15-7-4-9-18(16(15)2)24-19(27)14-25(3)20(28)17-8-5-12-26(13-17)21-22-10-6-11-23-21/h4,6-7,9-11,17H,5,8,12-14H2,1-3H3,(H,24,27). The van der Waals surface area contributed by atoms with Gasteiger partial charge in [-0.2, -0.15) is 0 Å². The average Bonchev–Trinajstić information content (AvgIpc) is 2.71. The van der Waals surface area contributed by atoms with Gasteiger partial charge in [-0.1, -0.05) is 12.1 Å². The fourth-order valence-corrected chi connectivity index (χ4v) is 3.50. The molecule has 2 amide bonds. The third kappa shape index (κ3) is 4.65. The van der Waals surface area contributed by atoms with Crippen LogP contribution in [0.25, 0.3) is 0 Å². The lowest BCUT2D eigenvalue weighted by Crippen LogP contribution is -2.46. The summed E-state index contributed by atoms with van der Waals surface area (Å²) in [6.07, 6.45) is 5.12. The zero-order valence-electron chi connectivity index (χ0n) is 16.7. The van der Waals surface area contributed by atoms with E-state index in [-0.39, 0.29) is 24.3 Å². The topological polar surface area (TPSA) is 78.4 Å². The SMILES string of the molecule is Cc1cccc(NC(=O)CN(C)C(=O)C2CCCN(c3ncccn3)C2)c1C. The van der Waals surface area contributed by atoms with Crippen LogP contribution >= 0.6 is 0 Å². The summed E-state index contributed by atoms with van der Waals surface area (Å²) in [4.78, 5) is 37.4. The van der Waals surface area contributed by atoms with Crippen molar-refractivity contribution >= 4 is 23.5 Å². The number of nitrogens with one attached hydrogen (secondary N) is 1. The van der Waals surface area contributed by atoms with Gasteiger partial charge in [0.2, 0.25) is 17.8 Å². The molecule has 1 aliphatic heterocycles. The molecule has 7 nitrogen and oxygen atoms in total. The van der Waals surface area contributed by atoms with Crippen molar-refractivity contribution in [2.24, 2.45) is 5.92 Å². The van der Waals surface area contributed by atoms with Crippen LogP contribution in [0.1, 0.15) is 24.0 Å². The minimum Gasteiger partial charge on any atom is -0.340 e. The molecule has 1 aromatic heterocycles. The average molecular weight is 381 g/mol. The van der Waals surface area contributed by atoms with Gasteiger partial charge in [0.05, 0.1) is 12.5 Å². The van der Waals surface area contributed by atoms with Crippen molar-refractivity contribution in [1.29, 1.82) is 0 Å². The Morgan fingerprint density at radius 3 is 2.71 bits per heavy atom. The number of nitrogens with zero attached hydrogens (tertiary/aromatic N) is 4. The fourth-order valence-electron chi connectivity index (χ4n) is 3.50. The molecule has 1 N–H and O–H groups in total. The summed E-state index contributed by atoms with van der Waals surface area (Å²) >= 11 is 0. The number of likely N-dealkylation sites (N-methyl/N-ethyl adjacent to an activating group) is 1. The molecule has 0 saturated carbocycles. The lowest BCUT2D eigenvalue weighted by molar-refractivity contribution is -0.137. The van der Waals surface area contributed by atoms with Crippen LogP contribution < -0.4 is 10.2 Å². The number of rotatable bonds is 5. The van der Waals surface area contributed by atoms with Crippen molar-refractivity contribution < 1.29 is 9.59 Å². The fraction of sp³-hybridized carbons (Fsp3) is 0.429. The second-order valence-electron chi connectivity index (χ2n) is 7.32. The maximum atomic E-state index is 12.9. The minimum absolute atomic E-state index is 0.0169. The highest BCUT2D eigenvalue weighted by Gasteiger charge is 2.29. The number of benzene rings is 1. The molecule has 7 heteroatoms. The van der Waals surface area contributed by atoms with Crippen LogP contribution in [0.15, 0.2) is 36.7 Å². The van der Waals surface area contributed by atoms with Crippen molar-refractivity contribution in [3.63, 3.8) is 0 Å². The summed E-state index contributed by atoms with van der Waals surface area (Å²) in [5, 5.41) is 2.91. The normalized spacial score (nSPS) is 16.5. The van der Waals surface area contributed by atoms with Gasteiger partial charge < -0.3 is 15.1 Å². The molecular formula is C21H27N5O2. The third-order valence-corrected chi connectivity index (χ3v) is 5.24. The van der Waals surface area contributed by atoms with E-state index in [1.807, 2.05) is 36.9 Å². The van der Waals surface area contributed by atoms with Crippen molar-refractivity contribution in [3.8, 4) is 0 Å². The summed E-state index contributed by atoms with van der Waals surface area (Å²) in [6.45, 7) is 5.43. The van der Waals surface area contributed by atoms with E-state index in [1.165, 1.54) is 4.90 Å². The lowest BCUT2D eigenvalue weighted by atomic mass is 9.97. The van der Waals surface area contributed by atoms with E-state index in [0.717, 1.165) is 36.2 Å². The molecule has 2 heterocycles. The molecule has 1 saturated heterocycles. The van der Waals surface area contributed by atoms with Gasteiger partial charge in [0.25, 0.3) is 0 Å². The van der Waals surface area contributed by atoms with Crippen LogP contribution in [0, 0.1) is 19.8 Å². The van der Waals surface area contributed by atoms with E-state index in [1.54, 1.807) is 25.5 Å². The van der Waals surface area contributed by atoms with Crippen LogP contribution in [-0.2, 0) is 9.59 Å². The minimum atomic E-state index is -0.191. The summed E-state index contributed by atoms with van der Waals surface area (Å²) in [7, 11) is 1.68. The predicted octanol–water partition coefficient (Wildman–Crippen LogP) is 2.41. The molecule has 0 bridgehead atoms. The Labute approximate surface area is 165 Å². The maximum Gasteiger partial charge on any atom is 0.243 e. The number of aromatic nitrogens is 2. The second kappa shape index (κ2) is 8.82. The van der Waals surface area contributed by atoms with Gasteiger partial charge in [-0.15, -0.1) is 0 Å². The van der Waals surface area contributed by atoms with Gasteiger partial charge in [0, 0.05) is 38.2 Å². The highest BCUT2D eigenvalue weighted by atomic mass is 16.2. The molecule has 0 aliphatic carbocycles. The molecule has 2 aromatic rings. The number of anilines is 2. The van der Waals surface area contributed by atoms with Crippen LogP contribution in [0.2, 0.25) is 0 Å². The highest BCUT2D eigenvalue weighted by Crippen LogP contribution is 2.22. The second-order valence-corrected chi connectivity index (χ2v) is 7.32. The molecule has 1 unspecified atom stereocenters. The molecule has 1 fully saturated rings. The molecular weight excluding hydrogens is 354 g/mol. The zero-order chi connectivity index (χ0) is 20.1. The number of hydrogen-bond acceptors (Lipinski definition) is 5. The van der Waals surface area contributed by atoms with Crippen LogP contribution in [0.5, 0.6) is 0 Å². The van der Waals surface area contributed by atoms with Gasteiger partial charge in [0.15, 0.2) is 0 Å². The number of aryl methyl sites for hydroxylation is 1. The van der Waals surface area contributed by atoms with Gasteiger partial charge in [-0.3, -0.25) is 9.59 Å². The largest absolute Gasteiger partial charge is 0.340 e. The number of hydrogen-bond donors (Lipinski definition) is 1. The van der Waals surface area contributed by atoms with E-state index in [9.17, 15) is 9.59 Å². The molecule has 1 atom stereocenters. The van der Waals surface area contributed by atoms with Crippen molar-refractivity contribution in [1.82, 2.24) is 14.9 Å². The molecule has 1 aromatic carbocycles. The van der Waals surface area contributed by atoms with E-state index in [4.69, 9.17) is 0 Å². The van der Waals surface area contributed by atoms with Gasteiger partial charge in [-0.05, 0) is 49.9 Å². The number of amides is 2. The van der Waals surface area contributed by atoms with E-state index < -0.39 is 0 Å². The van der Waals surface area contributed by atoms with Crippen molar-refractivity contribution in [2.75, 3.05) is 36.9 Å². The Bertz CT molecular complexity index is 840. The monoisotopic (exact) mass is 381 g/mol. The van der Waals surface area contributed by atoms with Gasteiger partial charge in [-0.25, -0.2) is 9.97 Å². The molecule has 0 spiro atoms. The first-order valence-electron chi connectivity index (χ1n) is 9.58. The first-order valence-corrected chi connectivity index (χ1v) is 9.58. The summed E-state index contributed by atoms with van der Waals surface area (Å²) in [5.41, 5.74) is 2.94. The Kier molecular flexibility index (Phi) is 6.23. The predicted molar refractivity (Wildman–Crippen MR) is 109 cm³/mol. The summed E-state index contributed by atoms with van der Waals surface area (Å²) in [6, 6.07) is 7.57. The molecule has 0 radical (unpaired) electrons. The molecule has 1 aliphatic rings. The number of piperidine rings is 1. The zero-order valence-corrected chi connectivity index (χ0v) is 16.7. The molecule has 148 valence electrons. The third-order valence-electron chi connectivity index (χ3n) is 5.24. The van der Waals surface area contributed by atoms with Gasteiger partial charge >= 0.3 is 0 Å². The van der Waals surface area contributed by atoms with E-state index in [0.29, 0.717) is 12.5 Å². The molecule has 3 rings (SSSR count).